The first-order valence-corrected chi connectivity index (χ1v) is 9.92. The summed E-state index contributed by atoms with van der Waals surface area (Å²) in [6.07, 6.45) is 8.10. The Bertz CT molecular complexity index is 565. The number of nitrogens with one attached hydrogen (secondary N) is 1. The fraction of sp³-hybridized carbons (Fsp3) is 0.667. The van der Waals surface area contributed by atoms with Crippen LogP contribution < -0.4 is 11.1 Å². The van der Waals surface area contributed by atoms with E-state index in [2.05, 4.69) is 54.4 Å². The molecule has 4 nitrogen and oxygen atoms in total. The summed E-state index contributed by atoms with van der Waals surface area (Å²) in [5.41, 5.74) is 7.08. The Kier molecular flexibility index (Phi) is 6.00. The number of hydrogen-bond acceptors (Lipinski definition) is 2. The van der Waals surface area contributed by atoms with Crippen LogP contribution in [-0.4, -0.2) is 36.5 Å². The summed E-state index contributed by atoms with van der Waals surface area (Å²) in [5.74, 6) is 1.89. The van der Waals surface area contributed by atoms with E-state index in [-0.39, 0.29) is 5.41 Å². The summed E-state index contributed by atoms with van der Waals surface area (Å²) in [6, 6.07) is 11.1. The lowest BCUT2D eigenvalue weighted by molar-refractivity contribution is 0.119. The Balaban J connectivity index is 1.82. The van der Waals surface area contributed by atoms with Crippen LogP contribution in [0.3, 0.4) is 0 Å². The quantitative estimate of drug-likeness (QED) is 0.640. The first-order valence-electron chi connectivity index (χ1n) is 9.92. The van der Waals surface area contributed by atoms with E-state index < -0.39 is 0 Å². The lowest BCUT2D eigenvalue weighted by Gasteiger charge is -2.45. The molecule has 1 aromatic carbocycles. The molecule has 1 heterocycles. The maximum Gasteiger partial charge on any atom is 0.198 e. The van der Waals surface area contributed by atoms with E-state index >= 15 is 0 Å². The minimum absolute atomic E-state index is 0.0331. The van der Waals surface area contributed by atoms with Gasteiger partial charge in [0, 0.05) is 24.8 Å². The second kappa shape index (κ2) is 8.22. The third-order valence-electron chi connectivity index (χ3n) is 5.75. The van der Waals surface area contributed by atoms with Crippen LogP contribution in [0.2, 0.25) is 0 Å². The van der Waals surface area contributed by atoms with Crippen LogP contribution in [0.15, 0.2) is 35.3 Å². The van der Waals surface area contributed by atoms with E-state index in [1.807, 2.05) is 0 Å². The van der Waals surface area contributed by atoms with Crippen LogP contribution in [0.25, 0.3) is 0 Å². The molecular formula is C21H34N4. The van der Waals surface area contributed by atoms with E-state index in [1.165, 1.54) is 38.5 Å². The Morgan fingerprint density at radius 2 is 1.88 bits per heavy atom. The predicted molar refractivity (Wildman–Crippen MR) is 107 cm³/mol. The molecule has 1 aliphatic heterocycles. The van der Waals surface area contributed by atoms with Crippen molar-refractivity contribution in [2.24, 2.45) is 22.1 Å². The summed E-state index contributed by atoms with van der Waals surface area (Å²) < 4.78 is 0. The molecule has 1 saturated heterocycles. The first kappa shape index (κ1) is 18.2. The number of nitrogens with zero attached hydrogens (tertiary/aromatic N) is 2. The molecule has 0 spiro atoms. The van der Waals surface area contributed by atoms with Gasteiger partial charge in [-0.3, -0.25) is 4.99 Å². The average molecular weight is 343 g/mol. The Labute approximate surface area is 152 Å². The van der Waals surface area contributed by atoms with Crippen molar-refractivity contribution in [2.45, 2.75) is 58.4 Å². The largest absolute Gasteiger partial charge is 0.339 e. The molecule has 2 fully saturated rings. The second-order valence-electron chi connectivity index (χ2n) is 8.45. The van der Waals surface area contributed by atoms with Crippen molar-refractivity contribution < 1.29 is 0 Å². The number of fused-ring (bicyclic) bond motifs is 1. The van der Waals surface area contributed by atoms with Crippen LogP contribution in [0.5, 0.6) is 0 Å². The zero-order valence-electron chi connectivity index (χ0n) is 15.9. The zero-order chi connectivity index (χ0) is 17.7. The molecule has 0 bridgehead atoms. The highest BCUT2D eigenvalue weighted by Crippen LogP contribution is 2.35. The molecule has 2 atom stereocenters. The Morgan fingerprint density at radius 1 is 1.16 bits per heavy atom. The fourth-order valence-corrected chi connectivity index (χ4v) is 4.09. The highest BCUT2D eigenvalue weighted by Gasteiger charge is 2.35. The third kappa shape index (κ3) is 4.75. The summed E-state index contributed by atoms with van der Waals surface area (Å²) >= 11 is 0. The van der Waals surface area contributed by atoms with Crippen LogP contribution in [-0.2, 0) is 0 Å². The number of piperidine rings is 1. The predicted octanol–water partition coefficient (Wildman–Crippen LogP) is 4.09. The van der Waals surface area contributed by atoms with Gasteiger partial charge in [0.1, 0.15) is 0 Å². The number of likely N-dealkylation sites (tertiary alicyclic amines) is 1. The molecule has 2 aliphatic rings. The SMILES string of the molecule is CC(C)(CN)CN=C(Nc1ccccc1)N1CCCC2CCCCC21. The molecule has 3 N–H and O–H groups in total. The second-order valence-corrected chi connectivity index (χ2v) is 8.45. The van der Waals surface area contributed by atoms with Gasteiger partial charge in [-0.2, -0.15) is 0 Å². The summed E-state index contributed by atoms with van der Waals surface area (Å²) in [4.78, 5) is 7.59. The summed E-state index contributed by atoms with van der Waals surface area (Å²) in [5, 5.41) is 3.61. The van der Waals surface area contributed by atoms with Crippen LogP contribution in [0.4, 0.5) is 5.69 Å². The van der Waals surface area contributed by atoms with Crippen LogP contribution in [0, 0.1) is 11.3 Å². The van der Waals surface area contributed by atoms with Gasteiger partial charge < -0.3 is 16.0 Å². The molecule has 0 radical (unpaired) electrons. The number of guanidine groups is 1. The fourth-order valence-electron chi connectivity index (χ4n) is 4.09. The van der Waals surface area contributed by atoms with E-state index in [1.54, 1.807) is 0 Å². The van der Waals surface area contributed by atoms with Crippen molar-refractivity contribution >= 4 is 11.6 Å². The Hall–Kier alpha value is -1.55. The van der Waals surface area contributed by atoms with Crippen molar-refractivity contribution in [3.63, 3.8) is 0 Å². The van der Waals surface area contributed by atoms with Gasteiger partial charge in [-0.25, -0.2) is 0 Å². The van der Waals surface area contributed by atoms with Crippen molar-refractivity contribution in [1.82, 2.24) is 4.90 Å². The third-order valence-corrected chi connectivity index (χ3v) is 5.75. The molecule has 2 unspecified atom stereocenters. The number of anilines is 1. The molecule has 1 aromatic rings. The molecule has 25 heavy (non-hydrogen) atoms. The minimum atomic E-state index is 0.0331. The Morgan fingerprint density at radius 3 is 2.64 bits per heavy atom. The van der Waals surface area contributed by atoms with Crippen LogP contribution >= 0.6 is 0 Å². The summed E-state index contributed by atoms with van der Waals surface area (Å²) in [7, 11) is 0. The van der Waals surface area contributed by atoms with Gasteiger partial charge in [0.25, 0.3) is 0 Å². The van der Waals surface area contributed by atoms with Gasteiger partial charge >= 0.3 is 0 Å². The maximum absolute atomic E-state index is 5.93. The molecule has 3 rings (SSSR count). The molecule has 1 aliphatic carbocycles. The molecule has 1 saturated carbocycles. The van der Waals surface area contributed by atoms with Crippen molar-refractivity contribution in [3.8, 4) is 0 Å². The van der Waals surface area contributed by atoms with Crippen LogP contribution in [0.1, 0.15) is 52.4 Å². The lowest BCUT2D eigenvalue weighted by Crippen LogP contribution is -2.52. The number of hydrogen-bond donors (Lipinski definition) is 2. The van der Waals surface area contributed by atoms with E-state index in [0.717, 1.165) is 30.7 Å². The highest BCUT2D eigenvalue weighted by atomic mass is 15.3. The van der Waals surface area contributed by atoms with Gasteiger partial charge in [-0.15, -0.1) is 0 Å². The van der Waals surface area contributed by atoms with E-state index in [4.69, 9.17) is 10.7 Å². The maximum atomic E-state index is 5.93. The highest BCUT2D eigenvalue weighted by molar-refractivity contribution is 5.94. The molecular weight excluding hydrogens is 308 g/mol. The van der Waals surface area contributed by atoms with Gasteiger partial charge in [0.15, 0.2) is 5.96 Å². The molecule has 4 heteroatoms. The topological polar surface area (TPSA) is 53.6 Å². The summed E-state index contributed by atoms with van der Waals surface area (Å²) in [6.45, 7) is 6.91. The molecule has 138 valence electrons. The number of nitrogens with two attached hydrogens (primary N) is 1. The van der Waals surface area contributed by atoms with Gasteiger partial charge in [-0.05, 0) is 55.7 Å². The van der Waals surface area contributed by atoms with E-state index in [9.17, 15) is 0 Å². The monoisotopic (exact) mass is 342 g/mol. The number of aliphatic imine (C=N–C) groups is 1. The van der Waals surface area contributed by atoms with Crippen molar-refractivity contribution in [3.05, 3.63) is 30.3 Å². The normalized spacial score (nSPS) is 24.8. The van der Waals surface area contributed by atoms with Crippen molar-refractivity contribution in [2.75, 3.05) is 25.0 Å². The standard InChI is InChI=1S/C21H34N4/c1-21(2,15-22)16-23-20(24-18-11-4-3-5-12-18)25-14-8-10-17-9-6-7-13-19(17)25/h3-5,11-12,17,19H,6-10,13-16,22H2,1-2H3,(H,23,24). The first-order chi connectivity index (χ1) is 12.1. The van der Waals surface area contributed by atoms with Gasteiger partial charge in [0.2, 0.25) is 0 Å². The minimum Gasteiger partial charge on any atom is -0.339 e. The van der Waals surface area contributed by atoms with Crippen molar-refractivity contribution in [1.29, 1.82) is 0 Å². The molecule has 0 aromatic heterocycles. The lowest BCUT2D eigenvalue weighted by atomic mass is 9.78. The smallest absolute Gasteiger partial charge is 0.198 e. The number of benzene rings is 1. The number of rotatable bonds is 4. The zero-order valence-corrected chi connectivity index (χ0v) is 15.9. The van der Waals surface area contributed by atoms with Gasteiger partial charge in [-0.1, -0.05) is 44.9 Å². The van der Waals surface area contributed by atoms with Gasteiger partial charge in [0.05, 0.1) is 0 Å². The van der Waals surface area contributed by atoms with E-state index in [0.29, 0.717) is 12.6 Å². The number of para-hydroxylation sites is 1. The average Bonchev–Trinajstić information content (AvgIpc) is 2.65. The molecule has 0 amide bonds.